The lowest BCUT2D eigenvalue weighted by Crippen LogP contribution is -2.55. The highest BCUT2D eigenvalue weighted by Gasteiger charge is 2.49. The van der Waals surface area contributed by atoms with Crippen LogP contribution in [0.2, 0.25) is 0 Å². The Hall–Kier alpha value is -1.06. The van der Waals surface area contributed by atoms with Crippen LogP contribution in [-0.2, 0) is 9.59 Å². The van der Waals surface area contributed by atoms with Crippen molar-refractivity contribution in [3.8, 4) is 0 Å². The third-order valence-electron chi connectivity index (χ3n) is 4.69. The molecule has 2 atom stereocenters. The number of carbonyl (C=O) groups excluding carboxylic acids is 1. The Morgan fingerprint density at radius 3 is 2.56 bits per heavy atom. The second-order valence-electron chi connectivity index (χ2n) is 5.79. The fourth-order valence-electron chi connectivity index (χ4n) is 3.28. The average molecular weight is 253 g/mol. The summed E-state index contributed by atoms with van der Waals surface area (Å²) < 4.78 is 0. The van der Waals surface area contributed by atoms with Gasteiger partial charge in [0.25, 0.3) is 0 Å². The SMILES string of the molecule is CCC1CCCC(C(=O)O)(N(C=O)C2CC2)CC1. The van der Waals surface area contributed by atoms with Gasteiger partial charge >= 0.3 is 5.97 Å². The molecule has 0 aromatic rings. The summed E-state index contributed by atoms with van der Waals surface area (Å²) in [6.45, 7) is 2.16. The van der Waals surface area contributed by atoms with Gasteiger partial charge in [-0.2, -0.15) is 0 Å². The minimum Gasteiger partial charge on any atom is -0.479 e. The van der Waals surface area contributed by atoms with Crippen LogP contribution in [0.1, 0.15) is 58.3 Å². The second-order valence-corrected chi connectivity index (χ2v) is 5.79. The van der Waals surface area contributed by atoms with Crippen molar-refractivity contribution in [1.29, 1.82) is 0 Å². The van der Waals surface area contributed by atoms with E-state index < -0.39 is 11.5 Å². The highest BCUT2D eigenvalue weighted by molar-refractivity contribution is 5.81. The number of aliphatic carboxylic acids is 1. The number of hydrogen-bond donors (Lipinski definition) is 1. The molecule has 0 radical (unpaired) electrons. The quantitative estimate of drug-likeness (QED) is 0.604. The number of nitrogens with zero attached hydrogens (tertiary/aromatic N) is 1. The maximum Gasteiger partial charge on any atom is 0.329 e. The summed E-state index contributed by atoms with van der Waals surface area (Å²) in [5, 5.41) is 9.65. The van der Waals surface area contributed by atoms with Gasteiger partial charge in [0.2, 0.25) is 6.41 Å². The van der Waals surface area contributed by atoms with Crippen molar-refractivity contribution >= 4 is 12.4 Å². The minimum atomic E-state index is -0.924. The van der Waals surface area contributed by atoms with Crippen LogP contribution in [0.4, 0.5) is 0 Å². The Morgan fingerprint density at radius 1 is 1.33 bits per heavy atom. The number of amides is 1. The van der Waals surface area contributed by atoms with E-state index in [1.807, 2.05) is 0 Å². The van der Waals surface area contributed by atoms with Gasteiger partial charge in [0.15, 0.2) is 0 Å². The molecule has 4 heteroatoms. The molecule has 2 saturated carbocycles. The minimum absolute atomic E-state index is 0.178. The molecule has 2 unspecified atom stereocenters. The van der Waals surface area contributed by atoms with Crippen molar-refractivity contribution in [3.63, 3.8) is 0 Å². The van der Waals surface area contributed by atoms with Crippen molar-refractivity contribution in [2.45, 2.75) is 69.9 Å². The van der Waals surface area contributed by atoms with Crippen molar-refractivity contribution in [1.82, 2.24) is 4.90 Å². The van der Waals surface area contributed by atoms with E-state index in [4.69, 9.17) is 0 Å². The highest BCUT2D eigenvalue weighted by Crippen LogP contribution is 2.41. The lowest BCUT2D eigenvalue weighted by Gasteiger charge is -2.38. The van der Waals surface area contributed by atoms with Gasteiger partial charge in [-0.15, -0.1) is 0 Å². The standard InChI is InChI=1S/C14H23NO3/c1-2-11-4-3-8-14(9-7-11,13(17)18)15(10-16)12-5-6-12/h10-12H,2-9H2,1H3,(H,17,18). The van der Waals surface area contributed by atoms with Crippen LogP contribution >= 0.6 is 0 Å². The number of carboxylic acids is 1. The Bertz CT molecular complexity index is 327. The number of rotatable bonds is 5. The third kappa shape index (κ3) is 2.38. The largest absolute Gasteiger partial charge is 0.479 e. The van der Waals surface area contributed by atoms with Gasteiger partial charge < -0.3 is 10.0 Å². The van der Waals surface area contributed by atoms with Gasteiger partial charge in [0.1, 0.15) is 5.54 Å². The van der Waals surface area contributed by atoms with Crippen molar-refractivity contribution in [2.75, 3.05) is 0 Å². The van der Waals surface area contributed by atoms with Crippen LogP contribution in [0, 0.1) is 5.92 Å². The molecule has 2 aliphatic rings. The van der Waals surface area contributed by atoms with E-state index in [0.29, 0.717) is 18.8 Å². The Morgan fingerprint density at radius 2 is 2.06 bits per heavy atom. The van der Waals surface area contributed by atoms with Crippen LogP contribution in [0.5, 0.6) is 0 Å². The first-order valence-corrected chi connectivity index (χ1v) is 7.11. The maximum absolute atomic E-state index is 11.8. The smallest absolute Gasteiger partial charge is 0.329 e. The molecule has 0 bridgehead atoms. The first-order chi connectivity index (χ1) is 8.64. The molecule has 0 aliphatic heterocycles. The molecule has 0 heterocycles. The number of carboxylic acid groups (broad SMARTS) is 1. The molecule has 102 valence electrons. The van der Waals surface area contributed by atoms with Gasteiger partial charge in [0, 0.05) is 6.04 Å². The van der Waals surface area contributed by atoms with E-state index in [1.165, 1.54) is 0 Å². The van der Waals surface area contributed by atoms with E-state index in [9.17, 15) is 14.7 Å². The van der Waals surface area contributed by atoms with E-state index in [1.54, 1.807) is 4.90 Å². The van der Waals surface area contributed by atoms with Crippen molar-refractivity contribution < 1.29 is 14.7 Å². The van der Waals surface area contributed by atoms with Gasteiger partial charge in [-0.3, -0.25) is 4.79 Å². The number of carbonyl (C=O) groups is 2. The van der Waals surface area contributed by atoms with Crippen molar-refractivity contribution in [3.05, 3.63) is 0 Å². The molecule has 0 aromatic carbocycles. The molecule has 0 aromatic heterocycles. The highest BCUT2D eigenvalue weighted by atomic mass is 16.4. The van der Waals surface area contributed by atoms with Gasteiger partial charge in [-0.05, 0) is 38.0 Å². The average Bonchev–Trinajstić information content (AvgIpc) is 3.16. The van der Waals surface area contributed by atoms with Crippen molar-refractivity contribution in [2.24, 2.45) is 5.92 Å². The van der Waals surface area contributed by atoms with Crippen LogP contribution in [0.25, 0.3) is 0 Å². The molecule has 1 N–H and O–H groups in total. The van der Waals surface area contributed by atoms with E-state index in [-0.39, 0.29) is 6.04 Å². The van der Waals surface area contributed by atoms with Gasteiger partial charge in [-0.25, -0.2) is 4.79 Å². The van der Waals surface area contributed by atoms with E-state index >= 15 is 0 Å². The summed E-state index contributed by atoms with van der Waals surface area (Å²) in [5.74, 6) is -0.183. The maximum atomic E-state index is 11.8. The normalized spacial score (nSPS) is 32.6. The summed E-state index contributed by atoms with van der Waals surface area (Å²) in [6, 6.07) is 0.178. The zero-order chi connectivity index (χ0) is 13.2. The summed E-state index contributed by atoms with van der Waals surface area (Å²) in [5.41, 5.74) is -0.924. The molecule has 2 aliphatic carbocycles. The molecular weight excluding hydrogens is 230 g/mol. The molecule has 2 rings (SSSR count). The summed E-state index contributed by atoms with van der Waals surface area (Å²) in [6.07, 6.45) is 8.00. The first kappa shape index (κ1) is 13.4. The molecule has 2 fully saturated rings. The predicted molar refractivity (Wildman–Crippen MR) is 68.2 cm³/mol. The van der Waals surface area contributed by atoms with Crippen LogP contribution in [0.15, 0.2) is 0 Å². The predicted octanol–water partition coefficient (Wildman–Crippen LogP) is 2.42. The third-order valence-corrected chi connectivity index (χ3v) is 4.69. The molecule has 0 saturated heterocycles. The Labute approximate surface area is 108 Å². The monoisotopic (exact) mass is 253 g/mol. The van der Waals surface area contributed by atoms with Gasteiger partial charge in [0.05, 0.1) is 0 Å². The first-order valence-electron chi connectivity index (χ1n) is 7.11. The van der Waals surface area contributed by atoms with Crippen LogP contribution in [0.3, 0.4) is 0 Å². The van der Waals surface area contributed by atoms with Crippen LogP contribution in [-0.4, -0.2) is 34.0 Å². The number of hydrogen-bond acceptors (Lipinski definition) is 2. The fraction of sp³-hybridized carbons (Fsp3) is 0.857. The lowest BCUT2D eigenvalue weighted by atomic mass is 9.87. The zero-order valence-electron chi connectivity index (χ0n) is 11.1. The molecular formula is C14H23NO3. The summed E-state index contributed by atoms with van der Waals surface area (Å²) in [4.78, 5) is 24.7. The summed E-state index contributed by atoms with van der Waals surface area (Å²) in [7, 11) is 0. The van der Waals surface area contributed by atoms with E-state index in [0.717, 1.165) is 44.9 Å². The van der Waals surface area contributed by atoms with E-state index in [2.05, 4.69) is 6.92 Å². The molecule has 0 spiro atoms. The van der Waals surface area contributed by atoms with Crippen LogP contribution < -0.4 is 0 Å². The lowest BCUT2D eigenvalue weighted by molar-refractivity contribution is -0.157. The molecule has 18 heavy (non-hydrogen) atoms. The van der Waals surface area contributed by atoms with Gasteiger partial charge in [-0.1, -0.05) is 26.2 Å². The summed E-state index contributed by atoms with van der Waals surface area (Å²) >= 11 is 0. The molecule has 4 nitrogen and oxygen atoms in total. The Kier molecular flexibility index (Phi) is 3.93. The Balaban J connectivity index is 2.20. The zero-order valence-corrected chi connectivity index (χ0v) is 11.1. The molecule has 1 amide bonds. The second kappa shape index (κ2) is 5.29. The fourth-order valence-corrected chi connectivity index (χ4v) is 3.28. The topological polar surface area (TPSA) is 57.6 Å².